The monoisotopic (exact) mass is 362 g/mol. The van der Waals surface area contributed by atoms with Gasteiger partial charge in [0.1, 0.15) is 5.52 Å². The van der Waals surface area contributed by atoms with Crippen molar-refractivity contribution in [2.75, 3.05) is 11.1 Å². The van der Waals surface area contributed by atoms with E-state index >= 15 is 0 Å². The summed E-state index contributed by atoms with van der Waals surface area (Å²) in [4.78, 5) is 34.1. The fourth-order valence-corrected chi connectivity index (χ4v) is 3.24. The Kier molecular flexibility index (Phi) is 4.64. The fraction of sp³-hybridized carbons (Fsp3) is 0.188. The zero-order valence-corrected chi connectivity index (χ0v) is 14.6. The number of carbonyl (C=O) groups excluding carboxylic acids is 1. The van der Waals surface area contributed by atoms with Crippen molar-refractivity contribution in [3.8, 4) is 0 Å². The molecule has 0 aliphatic rings. The molecule has 124 valence electrons. The van der Waals surface area contributed by atoms with Gasteiger partial charge in [0.25, 0.3) is 5.56 Å². The summed E-state index contributed by atoms with van der Waals surface area (Å²) in [6.45, 7) is 3.73. The van der Waals surface area contributed by atoms with Gasteiger partial charge >= 0.3 is 0 Å². The van der Waals surface area contributed by atoms with E-state index in [1.165, 1.54) is 0 Å². The summed E-state index contributed by atoms with van der Waals surface area (Å²) in [6, 6.07) is 7.21. The summed E-state index contributed by atoms with van der Waals surface area (Å²) in [6.07, 6.45) is 0. The van der Waals surface area contributed by atoms with Gasteiger partial charge in [-0.3, -0.25) is 14.6 Å². The molecule has 8 heteroatoms. The third kappa shape index (κ3) is 3.47. The highest BCUT2D eigenvalue weighted by Crippen LogP contribution is 2.25. The van der Waals surface area contributed by atoms with Gasteiger partial charge in [-0.15, -0.1) is 0 Å². The first-order valence-electron chi connectivity index (χ1n) is 7.21. The number of anilines is 1. The molecular formula is C16H15ClN4O2S. The molecule has 0 aliphatic heterocycles. The lowest BCUT2D eigenvalue weighted by Gasteiger charge is -2.09. The first-order chi connectivity index (χ1) is 11.4. The van der Waals surface area contributed by atoms with Gasteiger partial charge in [-0.05, 0) is 31.5 Å². The molecule has 24 heavy (non-hydrogen) atoms. The van der Waals surface area contributed by atoms with Gasteiger partial charge in [-0.1, -0.05) is 35.5 Å². The number of aromatic nitrogens is 3. The van der Waals surface area contributed by atoms with Gasteiger partial charge in [0.15, 0.2) is 5.16 Å². The Morgan fingerprint density at radius 2 is 2.12 bits per heavy atom. The minimum Gasteiger partial charge on any atom is -0.353 e. The molecule has 3 rings (SSSR count). The van der Waals surface area contributed by atoms with Crippen LogP contribution in [0.25, 0.3) is 11.0 Å². The Morgan fingerprint density at radius 1 is 1.33 bits per heavy atom. The molecule has 2 aromatic heterocycles. The highest BCUT2D eigenvalue weighted by molar-refractivity contribution is 7.99. The predicted octanol–water partition coefficient (Wildman–Crippen LogP) is 3.25. The molecule has 0 bridgehead atoms. The first-order valence-corrected chi connectivity index (χ1v) is 8.58. The maximum Gasteiger partial charge on any atom is 0.275 e. The number of fused-ring (bicyclic) bond motifs is 1. The molecule has 2 heterocycles. The van der Waals surface area contributed by atoms with Gasteiger partial charge in [-0.2, -0.15) is 0 Å². The molecule has 0 saturated heterocycles. The van der Waals surface area contributed by atoms with Crippen LogP contribution in [0.4, 0.5) is 5.69 Å². The number of aryl methyl sites for hydroxylation is 2. The van der Waals surface area contributed by atoms with Crippen LogP contribution in [0.2, 0.25) is 5.02 Å². The van der Waals surface area contributed by atoms with Gasteiger partial charge in [0.05, 0.1) is 22.0 Å². The van der Waals surface area contributed by atoms with Gasteiger partial charge in [-0.25, -0.2) is 4.98 Å². The van der Waals surface area contributed by atoms with E-state index in [9.17, 15) is 9.59 Å². The van der Waals surface area contributed by atoms with E-state index in [1.54, 1.807) is 12.1 Å². The number of thioether (sulfide) groups is 1. The van der Waals surface area contributed by atoms with Crippen LogP contribution in [0.1, 0.15) is 11.3 Å². The van der Waals surface area contributed by atoms with Crippen LogP contribution < -0.4 is 10.9 Å². The Morgan fingerprint density at radius 3 is 2.88 bits per heavy atom. The number of halogens is 1. The SMILES string of the molecule is Cc1cc2nc(SCC(=O)Nc3c(C)cccc3Cl)[nH]c(=O)c2[nH]1. The molecule has 0 spiro atoms. The third-order valence-corrected chi connectivity index (χ3v) is 4.62. The summed E-state index contributed by atoms with van der Waals surface area (Å²) in [5, 5.41) is 3.68. The van der Waals surface area contributed by atoms with Crippen LogP contribution in [0.3, 0.4) is 0 Å². The Labute approximate surface area is 147 Å². The van der Waals surface area contributed by atoms with Crippen molar-refractivity contribution in [3.63, 3.8) is 0 Å². The molecule has 0 atom stereocenters. The Hall–Kier alpha value is -2.25. The lowest BCUT2D eigenvalue weighted by molar-refractivity contribution is -0.113. The van der Waals surface area contributed by atoms with Crippen molar-refractivity contribution in [3.05, 3.63) is 50.9 Å². The number of H-pyrrole nitrogens is 2. The van der Waals surface area contributed by atoms with Crippen LogP contribution in [0.15, 0.2) is 34.2 Å². The standard InChI is InChI=1S/C16H15ClN4O2S/c1-8-4-3-5-10(17)13(8)20-12(22)7-24-16-19-11-6-9(2)18-14(11)15(23)21-16/h3-6,18H,7H2,1-2H3,(H,20,22)(H,19,21,23). The third-order valence-electron chi connectivity index (χ3n) is 3.43. The molecule has 6 nitrogen and oxygen atoms in total. The maximum absolute atomic E-state index is 12.1. The molecule has 3 N–H and O–H groups in total. The maximum atomic E-state index is 12.1. The molecule has 3 aromatic rings. The Balaban J connectivity index is 1.71. The molecule has 1 aromatic carbocycles. The number of para-hydroxylation sites is 1. The predicted molar refractivity (Wildman–Crippen MR) is 97.0 cm³/mol. The van der Waals surface area contributed by atoms with Crippen LogP contribution in [-0.4, -0.2) is 26.6 Å². The van der Waals surface area contributed by atoms with Gasteiger partial charge in [0.2, 0.25) is 5.91 Å². The summed E-state index contributed by atoms with van der Waals surface area (Å²) >= 11 is 7.26. The van der Waals surface area contributed by atoms with E-state index in [1.807, 2.05) is 26.0 Å². The van der Waals surface area contributed by atoms with Crippen LogP contribution in [-0.2, 0) is 4.79 Å². The second-order valence-electron chi connectivity index (χ2n) is 5.35. The topological polar surface area (TPSA) is 90.6 Å². The van der Waals surface area contributed by atoms with Crippen LogP contribution in [0, 0.1) is 13.8 Å². The number of hydrogen-bond acceptors (Lipinski definition) is 4. The number of aromatic amines is 2. The molecule has 0 aliphatic carbocycles. The summed E-state index contributed by atoms with van der Waals surface area (Å²) in [7, 11) is 0. The molecule has 1 amide bonds. The molecule has 0 saturated carbocycles. The minimum atomic E-state index is -0.252. The van der Waals surface area contributed by atoms with Gasteiger partial charge in [0, 0.05) is 5.69 Å². The molecular weight excluding hydrogens is 348 g/mol. The lowest BCUT2D eigenvalue weighted by atomic mass is 10.2. The largest absolute Gasteiger partial charge is 0.353 e. The average molecular weight is 363 g/mol. The van der Waals surface area contributed by atoms with Crippen molar-refractivity contribution < 1.29 is 4.79 Å². The fourth-order valence-electron chi connectivity index (χ4n) is 2.30. The van der Waals surface area contributed by atoms with E-state index in [4.69, 9.17) is 11.6 Å². The van der Waals surface area contributed by atoms with Crippen molar-refractivity contribution in [2.24, 2.45) is 0 Å². The molecule has 0 unspecified atom stereocenters. The number of carbonyl (C=O) groups is 1. The van der Waals surface area contributed by atoms with Crippen molar-refractivity contribution in [1.82, 2.24) is 15.0 Å². The number of benzene rings is 1. The van der Waals surface area contributed by atoms with Crippen LogP contribution >= 0.6 is 23.4 Å². The summed E-state index contributed by atoms with van der Waals surface area (Å²) < 4.78 is 0. The number of hydrogen-bond donors (Lipinski definition) is 3. The summed E-state index contributed by atoms with van der Waals surface area (Å²) in [5.41, 5.74) is 3.11. The van der Waals surface area contributed by atoms with Crippen molar-refractivity contribution >= 4 is 46.0 Å². The van der Waals surface area contributed by atoms with E-state index in [0.29, 0.717) is 26.9 Å². The number of rotatable bonds is 4. The molecule has 0 radical (unpaired) electrons. The molecule has 0 fully saturated rings. The normalized spacial score (nSPS) is 11.0. The van der Waals surface area contributed by atoms with Gasteiger partial charge < -0.3 is 10.3 Å². The summed E-state index contributed by atoms with van der Waals surface area (Å²) in [5.74, 6) is -0.105. The Bertz CT molecular complexity index is 960. The lowest BCUT2D eigenvalue weighted by Crippen LogP contribution is -2.16. The van der Waals surface area contributed by atoms with E-state index in [2.05, 4.69) is 20.3 Å². The highest BCUT2D eigenvalue weighted by Gasteiger charge is 2.11. The van der Waals surface area contributed by atoms with Crippen molar-refractivity contribution in [2.45, 2.75) is 19.0 Å². The van der Waals surface area contributed by atoms with E-state index in [-0.39, 0.29) is 17.2 Å². The quantitative estimate of drug-likeness (QED) is 0.491. The minimum absolute atomic E-state index is 0.114. The second kappa shape index (κ2) is 6.70. The number of nitrogens with one attached hydrogen (secondary N) is 3. The van der Waals surface area contributed by atoms with Crippen molar-refractivity contribution in [1.29, 1.82) is 0 Å². The second-order valence-corrected chi connectivity index (χ2v) is 6.72. The highest BCUT2D eigenvalue weighted by atomic mass is 35.5. The first kappa shape index (κ1) is 16.6. The number of nitrogens with zero attached hydrogens (tertiary/aromatic N) is 1. The smallest absolute Gasteiger partial charge is 0.275 e. The zero-order valence-electron chi connectivity index (χ0n) is 13.1. The van der Waals surface area contributed by atoms with Crippen LogP contribution in [0.5, 0.6) is 0 Å². The van der Waals surface area contributed by atoms with E-state index < -0.39 is 0 Å². The van der Waals surface area contributed by atoms with E-state index in [0.717, 1.165) is 23.0 Å². The zero-order chi connectivity index (χ0) is 17.3. The number of amides is 1. The average Bonchev–Trinajstić information content (AvgIpc) is 2.90.